The molecule has 2 nitrogen and oxygen atoms in total. The van der Waals surface area contributed by atoms with E-state index in [1.807, 2.05) is 26.0 Å². The number of fused-ring (bicyclic) bond motifs is 1. The van der Waals surface area contributed by atoms with Gasteiger partial charge in [-0.1, -0.05) is 27.5 Å². The van der Waals surface area contributed by atoms with Gasteiger partial charge in [0, 0.05) is 27.2 Å². The number of ether oxygens (including phenoxy) is 1. The van der Waals surface area contributed by atoms with Crippen molar-refractivity contribution < 1.29 is 4.74 Å². The zero-order chi connectivity index (χ0) is 13.1. The van der Waals surface area contributed by atoms with Crippen molar-refractivity contribution in [2.75, 3.05) is 6.61 Å². The smallest absolute Gasteiger partial charge is 0.131 e. The number of aryl methyl sites for hydroxylation is 2. The van der Waals surface area contributed by atoms with Crippen LogP contribution >= 0.6 is 27.5 Å². The van der Waals surface area contributed by atoms with Crippen molar-refractivity contribution in [2.45, 2.75) is 13.8 Å². The first-order valence-corrected chi connectivity index (χ1v) is 6.80. The summed E-state index contributed by atoms with van der Waals surface area (Å²) < 4.78 is 6.74. The van der Waals surface area contributed by atoms with Gasteiger partial charge in [0.15, 0.2) is 0 Å². The molecule has 0 aliphatic carbocycles. The molecule has 0 radical (unpaired) electrons. The van der Waals surface area contributed by atoms with Gasteiger partial charge in [-0.15, -0.1) is 0 Å². The molecule has 18 heavy (non-hydrogen) atoms. The van der Waals surface area contributed by atoms with Gasteiger partial charge in [-0.25, -0.2) is 0 Å². The first kappa shape index (κ1) is 13.4. The number of rotatable bonds is 3. The number of aromatic nitrogens is 1. The Labute approximate surface area is 120 Å². The fourth-order valence-electron chi connectivity index (χ4n) is 1.84. The predicted octanol–water partition coefficient (Wildman–Crippen LogP) is 4.75. The van der Waals surface area contributed by atoms with Crippen molar-refractivity contribution in [1.82, 2.24) is 4.98 Å². The molecule has 0 bridgehead atoms. The minimum atomic E-state index is 0.452. The third-order valence-electron chi connectivity index (χ3n) is 2.58. The molecule has 0 aliphatic rings. The predicted molar refractivity (Wildman–Crippen MR) is 79.4 cm³/mol. The van der Waals surface area contributed by atoms with Crippen LogP contribution in [0.4, 0.5) is 0 Å². The van der Waals surface area contributed by atoms with Crippen molar-refractivity contribution >= 4 is 38.4 Å². The number of hydrogen-bond donors (Lipinski definition) is 0. The fourth-order valence-corrected chi connectivity index (χ4v) is 2.49. The number of hydrogen-bond acceptors (Lipinski definition) is 2. The molecule has 0 saturated carbocycles. The van der Waals surface area contributed by atoms with Crippen LogP contribution in [0.15, 0.2) is 34.3 Å². The van der Waals surface area contributed by atoms with Gasteiger partial charge < -0.3 is 4.74 Å². The van der Waals surface area contributed by atoms with E-state index in [0.29, 0.717) is 6.61 Å². The van der Waals surface area contributed by atoms with Crippen LogP contribution in [0.1, 0.15) is 11.3 Å². The number of benzene rings is 1. The topological polar surface area (TPSA) is 22.1 Å². The Morgan fingerprint density at radius 2 is 2.11 bits per heavy atom. The van der Waals surface area contributed by atoms with E-state index in [2.05, 4.69) is 27.0 Å². The normalized spacial score (nSPS) is 11.3. The van der Waals surface area contributed by atoms with Crippen LogP contribution in [0, 0.1) is 13.8 Å². The van der Waals surface area contributed by atoms with E-state index in [0.717, 1.165) is 32.4 Å². The molecule has 1 heterocycles. The standard InChI is InChI=1S/C14H13BrClNO/c1-9-6-11(15)8-12-13(18-5-3-4-16)7-10(2)17-14(9)12/h3-4,6-8H,5H2,1-2H3. The van der Waals surface area contributed by atoms with Crippen molar-refractivity contribution in [3.63, 3.8) is 0 Å². The third kappa shape index (κ3) is 2.85. The maximum Gasteiger partial charge on any atom is 0.131 e. The van der Waals surface area contributed by atoms with Crippen LogP contribution in [-0.4, -0.2) is 11.6 Å². The summed E-state index contributed by atoms with van der Waals surface area (Å²) in [4.78, 5) is 4.56. The van der Waals surface area contributed by atoms with Gasteiger partial charge in [0.25, 0.3) is 0 Å². The van der Waals surface area contributed by atoms with Crippen molar-refractivity contribution in [1.29, 1.82) is 0 Å². The number of nitrogens with zero attached hydrogens (tertiary/aromatic N) is 1. The molecule has 0 amide bonds. The van der Waals surface area contributed by atoms with Crippen LogP contribution in [0.3, 0.4) is 0 Å². The highest BCUT2D eigenvalue weighted by Gasteiger charge is 2.08. The molecular weight excluding hydrogens is 314 g/mol. The molecule has 0 atom stereocenters. The van der Waals surface area contributed by atoms with E-state index in [4.69, 9.17) is 16.3 Å². The molecule has 0 spiro atoms. The summed E-state index contributed by atoms with van der Waals surface area (Å²) in [6, 6.07) is 6.02. The summed E-state index contributed by atoms with van der Waals surface area (Å²) >= 11 is 8.99. The lowest BCUT2D eigenvalue weighted by Crippen LogP contribution is -1.97. The molecule has 2 rings (SSSR count). The van der Waals surface area contributed by atoms with Gasteiger partial charge in [0.05, 0.1) is 5.52 Å². The van der Waals surface area contributed by atoms with Gasteiger partial charge in [-0.2, -0.15) is 0 Å². The highest BCUT2D eigenvalue weighted by molar-refractivity contribution is 9.10. The van der Waals surface area contributed by atoms with E-state index in [9.17, 15) is 0 Å². The molecule has 0 N–H and O–H groups in total. The maximum atomic E-state index is 5.72. The minimum absolute atomic E-state index is 0.452. The van der Waals surface area contributed by atoms with E-state index >= 15 is 0 Å². The zero-order valence-corrected chi connectivity index (χ0v) is 12.5. The molecule has 1 aromatic heterocycles. The molecule has 0 saturated heterocycles. The Morgan fingerprint density at radius 1 is 1.33 bits per heavy atom. The van der Waals surface area contributed by atoms with Crippen LogP contribution in [-0.2, 0) is 0 Å². The summed E-state index contributed by atoms with van der Waals surface area (Å²) in [7, 11) is 0. The van der Waals surface area contributed by atoms with Crippen LogP contribution in [0.2, 0.25) is 0 Å². The Balaban J connectivity index is 2.56. The van der Waals surface area contributed by atoms with Crippen LogP contribution in [0.25, 0.3) is 10.9 Å². The van der Waals surface area contributed by atoms with Crippen molar-refractivity contribution in [2.24, 2.45) is 0 Å². The summed E-state index contributed by atoms with van der Waals surface area (Å²) in [5, 5.41) is 1.01. The second-order valence-electron chi connectivity index (χ2n) is 4.05. The molecular formula is C14H13BrClNO. The Morgan fingerprint density at radius 3 is 2.83 bits per heavy atom. The Hall–Kier alpha value is -1.06. The SMILES string of the molecule is Cc1cc(OCC=CCl)c2cc(Br)cc(C)c2n1. The fraction of sp³-hybridized carbons (Fsp3) is 0.214. The highest BCUT2D eigenvalue weighted by Crippen LogP contribution is 2.30. The zero-order valence-electron chi connectivity index (χ0n) is 10.2. The summed E-state index contributed by atoms with van der Waals surface area (Å²) in [5.74, 6) is 0.830. The minimum Gasteiger partial charge on any atom is -0.489 e. The quantitative estimate of drug-likeness (QED) is 0.812. The lowest BCUT2D eigenvalue weighted by Gasteiger charge is -2.10. The maximum absolute atomic E-state index is 5.72. The number of halogens is 2. The molecule has 1 aromatic carbocycles. The molecule has 0 fully saturated rings. The van der Waals surface area contributed by atoms with E-state index < -0.39 is 0 Å². The lowest BCUT2D eigenvalue weighted by atomic mass is 10.1. The van der Waals surface area contributed by atoms with Gasteiger partial charge in [0.2, 0.25) is 0 Å². The lowest BCUT2D eigenvalue weighted by molar-refractivity contribution is 0.367. The largest absolute Gasteiger partial charge is 0.489 e. The van der Waals surface area contributed by atoms with E-state index in [-0.39, 0.29) is 0 Å². The molecule has 0 unspecified atom stereocenters. The molecule has 94 valence electrons. The van der Waals surface area contributed by atoms with Gasteiger partial charge in [0.1, 0.15) is 12.4 Å². The third-order valence-corrected chi connectivity index (χ3v) is 3.22. The Bertz CT molecular complexity index is 610. The molecule has 4 heteroatoms. The van der Waals surface area contributed by atoms with E-state index in [1.165, 1.54) is 5.54 Å². The van der Waals surface area contributed by atoms with Crippen molar-refractivity contribution in [3.8, 4) is 5.75 Å². The molecule has 2 aromatic rings. The monoisotopic (exact) mass is 325 g/mol. The summed E-state index contributed by atoms with van der Waals surface area (Å²) in [6.07, 6.45) is 1.76. The Kier molecular flexibility index (Phi) is 4.25. The summed E-state index contributed by atoms with van der Waals surface area (Å²) in [5.41, 5.74) is 4.50. The first-order chi connectivity index (χ1) is 8.61. The van der Waals surface area contributed by atoms with Gasteiger partial charge >= 0.3 is 0 Å². The van der Waals surface area contributed by atoms with Gasteiger partial charge in [-0.3, -0.25) is 4.98 Å². The second kappa shape index (κ2) is 5.72. The first-order valence-electron chi connectivity index (χ1n) is 5.57. The van der Waals surface area contributed by atoms with Crippen LogP contribution in [0.5, 0.6) is 5.75 Å². The van der Waals surface area contributed by atoms with Gasteiger partial charge in [-0.05, 0) is 37.6 Å². The molecule has 0 aliphatic heterocycles. The summed E-state index contributed by atoms with van der Waals surface area (Å²) in [6.45, 7) is 4.46. The van der Waals surface area contributed by atoms with Crippen molar-refractivity contribution in [3.05, 3.63) is 45.5 Å². The number of pyridine rings is 1. The highest BCUT2D eigenvalue weighted by atomic mass is 79.9. The van der Waals surface area contributed by atoms with E-state index in [1.54, 1.807) is 6.08 Å². The average molecular weight is 327 g/mol. The van der Waals surface area contributed by atoms with Crippen LogP contribution < -0.4 is 4.74 Å². The average Bonchev–Trinajstić information content (AvgIpc) is 2.31. The second-order valence-corrected chi connectivity index (χ2v) is 5.22.